The molecular formula is C13H15Cl2NO3. The highest BCUT2D eigenvalue weighted by Gasteiger charge is 2.22. The molecule has 1 aromatic carbocycles. The van der Waals surface area contributed by atoms with Crippen LogP contribution >= 0.6 is 23.2 Å². The molecule has 104 valence electrons. The van der Waals surface area contributed by atoms with Crippen LogP contribution in [0, 0.1) is 0 Å². The maximum absolute atomic E-state index is 12.4. The number of aliphatic hydroxyl groups excluding tert-OH is 1. The fourth-order valence-electron chi connectivity index (χ4n) is 2.04. The maximum Gasteiger partial charge on any atom is 0.255 e. The van der Waals surface area contributed by atoms with Gasteiger partial charge in [0.05, 0.1) is 23.8 Å². The lowest BCUT2D eigenvalue weighted by Crippen LogP contribution is -2.40. The number of halogens is 2. The van der Waals surface area contributed by atoms with Crippen molar-refractivity contribution in [2.24, 2.45) is 0 Å². The lowest BCUT2D eigenvalue weighted by Gasteiger charge is -2.27. The molecule has 0 aromatic heterocycles. The molecule has 1 heterocycles. The minimum atomic E-state index is -0.121. The Bertz CT molecular complexity index is 473. The average Bonchev–Trinajstić information content (AvgIpc) is 2.44. The zero-order chi connectivity index (χ0) is 13.8. The first-order chi connectivity index (χ1) is 9.15. The van der Waals surface area contributed by atoms with Gasteiger partial charge in [0.1, 0.15) is 0 Å². The normalized spacial score (nSPS) is 15.6. The Morgan fingerprint density at radius 3 is 2.63 bits per heavy atom. The molecule has 1 saturated heterocycles. The van der Waals surface area contributed by atoms with E-state index in [0.717, 1.165) is 0 Å². The Morgan fingerprint density at radius 1 is 1.32 bits per heavy atom. The van der Waals surface area contributed by atoms with Gasteiger partial charge in [0, 0.05) is 24.7 Å². The van der Waals surface area contributed by atoms with E-state index in [1.807, 2.05) is 0 Å². The van der Waals surface area contributed by atoms with Crippen molar-refractivity contribution >= 4 is 29.1 Å². The van der Waals surface area contributed by atoms with Gasteiger partial charge in [-0.3, -0.25) is 4.79 Å². The van der Waals surface area contributed by atoms with Crippen LogP contribution in [0.15, 0.2) is 12.1 Å². The molecule has 0 saturated carbocycles. The van der Waals surface area contributed by atoms with Gasteiger partial charge >= 0.3 is 0 Å². The Kier molecular flexibility index (Phi) is 5.05. The number of aliphatic hydroxyl groups is 1. The van der Waals surface area contributed by atoms with Crippen LogP contribution < -0.4 is 0 Å². The van der Waals surface area contributed by atoms with Gasteiger partial charge in [-0.2, -0.15) is 0 Å². The molecule has 1 aliphatic heterocycles. The maximum atomic E-state index is 12.4. The number of benzene rings is 1. The quantitative estimate of drug-likeness (QED) is 0.929. The SMILES string of the molecule is O=C(c1ccc(Cl)c(CCO)c1Cl)N1CCOCC1. The number of carbonyl (C=O) groups excluding carboxylic acids is 1. The molecule has 2 rings (SSSR count). The molecular weight excluding hydrogens is 289 g/mol. The van der Waals surface area contributed by atoms with Gasteiger partial charge in [-0.05, 0) is 24.1 Å². The first-order valence-corrected chi connectivity index (χ1v) is 6.85. The molecule has 6 heteroatoms. The lowest BCUT2D eigenvalue weighted by atomic mass is 10.1. The number of hydrogen-bond acceptors (Lipinski definition) is 3. The predicted octanol–water partition coefficient (Wildman–Crippen LogP) is 2.00. The van der Waals surface area contributed by atoms with Crippen molar-refractivity contribution in [2.45, 2.75) is 6.42 Å². The second-order valence-corrected chi connectivity index (χ2v) is 5.05. The Hall–Kier alpha value is -0.810. The van der Waals surface area contributed by atoms with Crippen molar-refractivity contribution in [3.63, 3.8) is 0 Å². The number of morpholine rings is 1. The van der Waals surface area contributed by atoms with Gasteiger partial charge in [0.25, 0.3) is 5.91 Å². The van der Waals surface area contributed by atoms with Crippen molar-refractivity contribution in [3.8, 4) is 0 Å². The van der Waals surface area contributed by atoms with E-state index in [0.29, 0.717) is 53.9 Å². The van der Waals surface area contributed by atoms with E-state index >= 15 is 0 Å². The summed E-state index contributed by atoms with van der Waals surface area (Å²) in [7, 11) is 0. The van der Waals surface area contributed by atoms with Gasteiger partial charge in [0.2, 0.25) is 0 Å². The van der Waals surface area contributed by atoms with E-state index in [4.69, 9.17) is 33.0 Å². The van der Waals surface area contributed by atoms with Gasteiger partial charge in [-0.1, -0.05) is 23.2 Å². The van der Waals surface area contributed by atoms with E-state index in [1.54, 1.807) is 17.0 Å². The smallest absolute Gasteiger partial charge is 0.255 e. The molecule has 1 aromatic rings. The summed E-state index contributed by atoms with van der Waals surface area (Å²) in [5.41, 5.74) is 1.04. The van der Waals surface area contributed by atoms with Crippen LogP contribution in [-0.4, -0.2) is 48.8 Å². The minimum absolute atomic E-state index is 0.0609. The molecule has 0 unspecified atom stereocenters. The van der Waals surface area contributed by atoms with Gasteiger partial charge in [-0.15, -0.1) is 0 Å². The van der Waals surface area contributed by atoms with E-state index in [2.05, 4.69) is 0 Å². The molecule has 4 nitrogen and oxygen atoms in total. The third kappa shape index (κ3) is 3.20. The Labute approximate surface area is 121 Å². The standard InChI is InChI=1S/C13H15Cl2NO3/c14-11-2-1-10(12(15)9(11)3-6-17)13(18)16-4-7-19-8-5-16/h1-2,17H,3-8H2. The summed E-state index contributed by atoms with van der Waals surface area (Å²) in [4.78, 5) is 14.1. The highest BCUT2D eigenvalue weighted by Crippen LogP contribution is 2.29. The summed E-state index contributed by atoms with van der Waals surface area (Å²) in [5, 5.41) is 9.82. The monoisotopic (exact) mass is 303 g/mol. The van der Waals surface area contributed by atoms with Crippen LogP contribution in [0.5, 0.6) is 0 Å². The minimum Gasteiger partial charge on any atom is -0.396 e. The van der Waals surface area contributed by atoms with E-state index in [-0.39, 0.29) is 12.5 Å². The van der Waals surface area contributed by atoms with Crippen molar-refractivity contribution in [1.29, 1.82) is 0 Å². The second kappa shape index (κ2) is 6.57. The molecule has 0 spiro atoms. The number of hydrogen-bond donors (Lipinski definition) is 1. The summed E-state index contributed by atoms with van der Waals surface area (Å²) in [6.07, 6.45) is 0.335. The summed E-state index contributed by atoms with van der Waals surface area (Å²) in [6.45, 7) is 2.15. The number of ether oxygens (including phenoxy) is 1. The molecule has 0 radical (unpaired) electrons. The fourth-order valence-corrected chi connectivity index (χ4v) is 2.68. The highest BCUT2D eigenvalue weighted by atomic mass is 35.5. The summed E-state index contributed by atoms with van der Waals surface area (Å²) >= 11 is 12.3. The topological polar surface area (TPSA) is 49.8 Å². The summed E-state index contributed by atoms with van der Waals surface area (Å²) in [6, 6.07) is 3.27. The number of rotatable bonds is 3. The fraction of sp³-hybridized carbons (Fsp3) is 0.462. The molecule has 1 fully saturated rings. The Balaban J connectivity index is 2.28. The van der Waals surface area contributed by atoms with Crippen LogP contribution in [0.25, 0.3) is 0 Å². The molecule has 1 amide bonds. The molecule has 0 bridgehead atoms. The molecule has 1 aliphatic rings. The molecule has 0 atom stereocenters. The first-order valence-electron chi connectivity index (χ1n) is 6.10. The lowest BCUT2D eigenvalue weighted by molar-refractivity contribution is 0.0303. The second-order valence-electron chi connectivity index (χ2n) is 4.27. The van der Waals surface area contributed by atoms with Gasteiger partial charge in [0.15, 0.2) is 0 Å². The zero-order valence-electron chi connectivity index (χ0n) is 10.4. The number of carbonyl (C=O) groups is 1. The van der Waals surface area contributed by atoms with Crippen LogP contribution in [0.3, 0.4) is 0 Å². The molecule has 0 aliphatic carbocycles. The van der Waals surface area contributed by atoms with E-state index in [9.17, 15) is 4.79 Å². The van der Waals surface area contributed by atoms with Gasteiger partial charge in [-0.25, -0.2) is 0 Å². The van der Waals surface area contributed by atoms with Crippen molar-refractivity contribution in [3.05, 3.63) is 33.3 Å². The summed E-state index contributed by atoms with van der Waals surface area (Å²) < 4.78 is 5.22. The molecule has 1 N–H and O–H groups in total. The van der Waals surface area contributed by atoms with E-state index < -0.39 is 0 Å². The molecule has 19 heavy (non-hydrogen) atoms. The summed E-state index contributed by atoms with van der Waals surface area (Å²) in [5.74, 6) is -0.121. The Morgan fingerprint density at radius 2 is 2.00 bits per heavy atom. The largest absolute Gasteiger partial charge is 0.396 e. The first kappa shape index (κ1) is 14.6. The number of amides is 1. The zero-order valence-corrected chi connectivity index (χ0v) is 11.9. The average molecular weight is 304 g/mol. The van der Waals surface area contributed by atoms with Crippen molar-refractivity contribution in [2.75, 3.05) is 32.9 Å². The van der Waals surface area contributed by atoms with Crippen molar-refractivity contribution in [1.82, 2.24) is 4.90 Å². The van der Waals surface area contributed by atoms with Crippen LogP contribution in [0.1, 0.15) is 15.9 Å². The van der Waals surface area contributed by atoms with E-state index in [1.165, 1.54) is 0 Å². The predicted molar refractivity (Wildman–Crippen MR) is 74.0 cm³/mol. The van der Waals surface area contributed by atoms with Crippen LogP contribution in [0.4, 0.5) is 0 Å². The third-order valence-electron chi connectivity index (χ3n) is 3.08. The van der Waals surface area contributed by atoms with Crippen molar-refractivity contribution < 1.29 is 14.6 Å². The van der Waals surface area contributed by atoms with Gasteiger partial charge < -0.3 is 14.7 Å². The third-order valence-corrected chi connectivity index (χ3v) is 3.86. The highest BCUT2D eigenvalue weighted by molar-refractivity contribution is 6.38. The van der Waals surface area contributed by atoms with Crippen LogP contribution in [-0.2, 0) is 11.2 Å². The van der Waals surface area contributed by atoms with Crippen LogP contribution in [0.2, 0.25) is 10.0 Å². The number of nitrogens with zero attached hydrogens (tertiary/aromatic N) is 1.